The number of hydrogen-bond donors (Lipinski definition) is 0. The summed E-state index contributed by atoms with van der Waals surface area (Å²) in [5.74, 6) is 0.175. The van der Waals surface area contributed by atoms with Gasteiger partial charge in [0.15, 0.2) is 6.20 Å². The molecule has 150 valence electrons. The summed E-state index contributed by atoms with van der Waals surface area (Å²) in [4.78, 5) is 0. The molecule has 1 aliphatic heterocycles. The average molecular weight is 422 g/mol. The molecule has 1 aromatic rings. The topological polar surface area (TPSA) is 98.8 Å². The van der Waals surface area contributed by atoms with Gasteiger partial charge in [-0.05, 0) is 18.8 Å². The highest BCUT2D eigenvalue weighted by atomic mass is 32.2. The molecule has 0 aliphatic carbocycles. The molecule has 0 radical (unpaired) electrons. The van der Waals surface area contributed by atoms with Crippen LogP contribution in [-0.2, 0) is 32.1 Å². The highest BCUT2D eigenvalue weighted by Gasteiger charge is 2.51. The van der Waals surface area contributed by atoms with E-state index in [1.54, 1.807) is 0 Å². The first-order valence-electron chi connectivity index (χ1n) is 7.47. The molecule has 14 heteroatoms. The van der Waals surface area contributed by atoms with E-state index in [0.717, 1.165) is 28.3 Å². The van der Waals surface area contributed by atoms with Gasteiger partial charge >= 0.3 is 31.8 Å². The van der Waals surface area contributed by atoms with Gasteiger partial charge in [-0.15, -0.1) is 0 Å². The predicted octanol–water partition coefficient (Wildman–Crippen LogP) is -0.00770. The molecule has 26 heavy (non-hydrogen) atoms. The van der Waals surface area contributed by atoms with E-state index in [9.17, 15) is 30.0 Å². The molecule has 2 heterocycles. The largest absolute Gasteiger partial charge is 0.534 e. The van der Waals surface area contributed by atoms with E-state index in [-0.39, 0.29) is 19.0 Å². The maximum absolute atomic E-state index is 12.7. The number of hydrogen-bond acceptors (Lipinski definition) is 6. The quantitative estimate of drug-likeness (QED) is 0.363. The molecule has 1 saturated heterocycles. The molecule has 1 fully saturated rings. The molecule has 9 nitrogen and oxygen atoms in total. The number of ether oxygens (including phenoxy) is 1. The first-order valence-corrected chi connectivity index (χ1v) is 10.3. The van der Waals surface area contributed by atoms with E-state index in [1.165, 1.54) is 7.11 Å². The van der Waals surface area contributed by atoms with Gasteiger partial charge in [-0.3, -0.25) is 0 Å². The number of piperidine rings is 1. The summed E-state index contributed by atoms with van der Waals surface area (Å²) in [6.07, 6.45) is 3.03. The second kappa shape index (κ2) is 7.32. The van der Waals surface area contributed by atoms with Gasteiger partial charge in [0.05, 0.1) is 7.05 Å². The van der Waals surface area contributed by atoms with Crippen LogP contribution in [0.5, 0.6) is 6.01 Å². The lowest BCUT2D eigenvalue weighted by molar-refractivity contribution is -0.673. The first kappa shape index (κ1) is 20.9. The Hall–Kier alpha value is -1.38. The van der Waals surface area contributed by atoms with Crippen LogP contribution in [0.2, 0.25) is 0 Å². The average Bonchev–Trinajstić information content (AvgIpc) is 2.88. The monoisotopic (exact) mass is 422 g/mol. The van der Waals surface area contributed by atoms with Crippen molar-refractivity contribution in [3.05, 3.63) is 12.4 Å². The smallest absolute Gasteiger partial charge is 0.384 e. The second-order valence-electron chi connectivity index (χ2n) is 5.78. The number of imidazole rings is 1. The third-order valence-electron chi connectivity index (χ3n) is 3.93. The summed E-state index contributed by atoms with van der Waals surface area (Å²) in [6.45, 7) is 0.734. The number of methoxy groups -OCH3 is 1. The Balaban J connectivity index is 2.29. The minimum atomic E-state index is -6.01. The lowest BCUT2D eigenvalue weighted by Crippen LogP contribution is -2.43. The second-order valence-corrected chi connectivity index (χ2v) is 9.12. The van der Waals surface area contributed by atoms with Crippen molar-refractivity contribution in [2.75, 3.05) is 26.8 Å². The number of alkyl halides is 3. The zero-order chi connectivity index (χ0) is 19.8. The molecule has 1 aromatic heterocycles. The predicted molar refractivity (Wildman–Crippen MR) is 81.7 cm³/mol. The highest BCUT2D eigenvalue weighted by Crippen LogP contribution is 2.27. The van der Waals surface area contributed by atoms with Gasteiger partial charge < -0.3 is 8.92 Å². The highest BCUT2D eigenvalue weighted by molar-refractivity contribution is 7.88. The van der Waals surface area contributed by atoms with Gasteiger partial charge in [0.1, 0.15) is 6.20 Å². The number of nitrogens with zero attached hydrogens (tertiary/aromatic N) is 3. The van der Waals surface area contributed by atoms with Gasteiger partial charge in [-0.1, -0.05) is 3.97 Å². The van der Waals surface area contributed by atoms with Crippen LogP contribution in [0.3, 0.4) is 0 Å². The van der Waals surface area contributed by atoms with Crippen LogP contribution in [0.4, 0.5) is 13.2 Å². The molecule has 0 amide bonds. The Kier molecular flexibility index (Phi) is 5.90. The van der Waals surface area contributed by atoms with Crippen molar-refractivity contribution >= 4 is 20.3 Å². The Bertz CT molecular complexity index is 842. The maximum atomic E-state index is 12.7. The van der Waals surface area contributed by atoms with Crippen LogP contribution in [-0.4, -0.2) is 57.4 Å². The molecule has 0 spiro atoms. The minimum absolute atomic E-state index is 0.129. The first-order chi connectivity index (χ1) is 11.9. The van der Waals surface area contributed by atoms with Crippen LogP contribution >= 0.6 is 0 Å². The fourth-order valence-corrected chi connectivity index (χ4v) is 4.56. The molecule has 0 atom stereocenters. The Morgan fingerprint density at radius 2 is 1.81 bits per heavy atom. The zero-order valence-electron chi connectivity index (χ0n) is 14.0. The molecule has 0 N–H and O–H groups in total. The fourth-order valence-electron chi connectivity index (χ4n) is 2.53. The van der Waals surface area contributed by atoms with E-state index >= 15 is 0 Å². The lowest BCUT2D eigenvalue weighted by Gasteiger charge is -2.29. The van der Waals surface area contributed by atoms with E-state index in [1.807, 2.05) is 0 Å². The fraction of sp³-hybridized carbons (Fsp3) is 0.750. The van der Waals surface area contributed by atoms with E-state index < -0.39 is 31.8 Å². The van der Waals surface area contributed by atoms with Crippen molar-refractivity contribution < 1.29 is 43.5 Å². The summed E-state index contributed by atoms with van der Waals surface area (Å²) in [5, 5.41) is 0. The van der Waals surface area contributed by atoms with Gasteiger partial charge in [-0.2, -0.15) is 38.9 Å². The van der Waals surface area contributed by atoms with Crippen LogP contribution in [0, 0.1) is 5.92 Å². The van der Waals surface area contributed by atoms with E-state index in [4.69, 9.17) is 4.74 Å². The van der Waals surface area contributed by atoms with Crippen LogP contribution < -0.4 is 8.75 Å². The van der Waals surface area contributed by atoms with Crippen LogP contribution in [0.15, 0.2) is 12.4 Å². The van der Waals surface area contributed by atoms with Gasteiger partial charge in [-0.25, -0.2) is 0 Å². The van der Waals surface area contributed by atoms with E-state index in [0.29, 0.717) is 23.4 Å². The molecule has 0 aromatic carbocycles. The maximum Gasteiger partial charge on any atom is 0.534 e. The van der Waals surface area contributed by atoms with E-state index in [2.05, 4.69) is 4.18 Å². The SMILES string of the molecule is COCC1CCN(S(=O)(=O)n2cc[n+](C)c2OS(=O)(=O)C(F)(F)F)CC1. The molecular weight excluding hydrogens is 403 g/mol. The van der Waals surface area contributed by atoms with Gasteiger partial charge in [0.2, 0.25) is 0 Å². The van der Waals surface area contributed by atoms with Gasteiger partial charge in [0, 0.05) is 26.8 Å². The van der Waals surface area contributed by atoms with Gasteiger partial charge in [0.25, 0.3) is 0 Å². The Morgan fingerprint density at radius 1 is 1.23 bits per heavy atom. The van der Waals surface area contributed by atoms with Crippen molar-refractivity contribution in [1.82, 2.24) is 8.28 Å². The molecule has 2 rings (SSSR count). The minimum Gasteiger partial charge on any atom is -0.384 e. The van der Waals surface area contributed by atoms with Crippen molar-refractivity contribution in [1.29, 1.82) is 0 Å². The molecule has 0 unspecified atom stereocenters. The molecule has 0 bridgehead atoms. The normalized spacial score (nSPS) is 18.2. The van der Waals surface area contributed by atoms with Crippen LogP contribution in [0.1, 0.15) is 12.8 Å². The summed E-state index contributed by atoms with van der Waals surface area (Å²) in [6, 6.07) is -0.985. The van der Waals surface area contributed by atoms with Crippen molar-refractivity contribution in [2.24, 2.45) is 13.0 Å². The van der Waals surface area contributed by atoms with Crippen LogP contribution in [0.25, 0.3) is 0 Å². The summed E-state index contributed by atoms with van der Waals surface area (Å²) in [7, 11) is -7.61. The third kappa shape index (κ3) is 4.13. The standard InChI is InChI=1S/C12H19F3N3O6S2/c1-16-7-8-18(11(16)24-25(19,20)12(13,14)15)26(21,22)17-5-3-10(4-6-17)9-23-2/h7-8,10H,3-6,9H2,1-2H3/q+1. The molecule has 0 saturated carbocycles. The number of halogens is 3. The number of aryl methyl sites for hydroxylation is 1. The van der Waals surface area contributed by atoms with Crippen molar-refractivity contribution in [2.45, 2.75) is 18.3 Å². The molecular formula is C12H19F3N3O6S2+. The number of aromatic nitrogens is 2. The summed E-state index contributed by atoms with van der Waals surface area (Å²) in [5.41, 5.74) is -5.68. The third-order valence-corrected chi connectivity index (χ3v) is 6.66. The Labute approximate surface area is 149 Å². The zero-order valence-corrected chi connectivity index (χ0v) is 15.6. The lowest BCUT2D eigenvalue weighted by atomic mass is 9.99. The Morgan fingerprint density at radius 3 is 2.31 bits per heavy atom. The van der Waals surface area contributed by atoms with Crippen molar-refractivity contribution in [3.63, 3.8) is 0 Å². The van der Waals surface area contributed by atoms with Crippen molar-refractivity contribution in [3.8, 4) is 6.01 Å². The summed E-state index contributed by atoms with van der Waals surface area (Å²) < 4.78 is 96.9. The number of rotatable bonds is 6. The molecule has 1 aliphatic rings. The summed E-state index contributed by atoms with van der Waals surface area (Å²) >= 11 is 0.